The zero-order chi connectivity index (χ0) is 20.1. The molecule has 0 saturated carbocycles. The van der Waals surface area contributed by atoms with Crippen LogP contribution in [0.4, 0.5) is 5.69 Å². The lowest BCUT2D eigenvalue weighted by Crippen LogP contribution is -2.46. The van der Waals surface area contributed by atoms with E-state index in [1.165, 1.54) is 4.90 Å². The first-order valence-corrected chi connectivity index (χ1v) is 9.61. The van der Waals surface area contributed by atoms with E-state index in [2.05, 4.69) is 5.10 Å². The van der Waals surface area contributed by atoms with Crippen LogP contribution in [0.25, 0.3) is 0 Å². The number of hydrazone groups is 1. The fourth-order valence-electron chi connectivity index (χ4n) is 4.56. The molecule has 2 aromatic rings. The van der Waals surface area contributed by atoms with Crippen LogP contribution < -0.4 is 4.90 Å². The van der Waals surface area contributed by atoms with Gasteiger partial charge in [-0.15, -0.1) is 0 Å². The molecule has 0 unspecified atom stereocenters. The molecule has 2 saturated heterocycles. The lowest BCUT2D eigenvalue weighted by Gasteiger charge is -2.30. The second kappa shape index (κ2) is 6.51. The van der Waals surface area contributed by atoms with Crippen LogP contribution >= 0.6 is 0 Å². The predicted octanol–water partition coefficient (Wildman–Crippen LogP) is 2.59. The van der Waals surface area contributed by atoms with Crippen molar-refractivity contribution in [3.63, 3.8) is 0 Å². The molecule has 5 rings (SSSR count). The van der Waals surface area contributed by atoms with Gasteiger partial charge in [-0.1, -0.05) is 54.1 Å². The maximum Gasteiger partial charge on any atom is 0.240 e. The lowest BCUT2D eigenvalue weighted by atomic mass is 9.86. The van der Waals surface area contributed by atoms with Gasteiger partial charge in [-0.25, -0.2) is 4.90 Å². The van der Waals surface area contributed by atoms with Crippen molar-refractivity contribution >= 4 is 29.5 Å². The average Bonchev–Trinajstić information content (AvgIpc) is 3.22. The molecule has 3 aliphatic rings. The van der Waals surface area contributed by atoms with Gasteiger partial charge in [0.05, 0.1) is 23.6 Å². The van der Waals surface area contributed by atoms with Crippen molar-refractivity contribution in [1.29, 1.82) is 0 Å². The van der Waals surface area contributed by atoms with Gasteiger partial charge in [-0.05, 0) is 25.1 Å². The number of imide groups is 1. The second-order valence-corrected chi connectivity index (χ2v) is 7.59. The molecule has 3 heterocycles. The van der Waals surface area contributed by atoms with Crippen molar-refractivity contribution in [2.45, 2.75) is 19.0 Å². The van der Waals surface area contributed by atoms with Crippen LogP contribution in [-0.2, 0) is 9.59 Å². The molecular formula is C23H19N3O3. The van der Waals surface area contributed by atoms with Gasteiger partial charge in [0.25, 0.3) is 0 Å². The van der Waals surface area contributed by atoms with Crippen molar-refractivity contribution in [2.75, 3.05) is 4.90 Å². The Labute approximate surface area is 168 Å². The van der Waals surface area contributed by atoms with Crippen molar-refractivity contribution in [3.05, 3.63) is 77.9 Å². The van der Waals surface area contributed by atoms with Gasteiger partial charge in [0.2, 0.25) is 11.8 Å². The number of benzene rings is 2. The van der Waals surface area contributed by atoms with E-state index >= 15 is 0 Å². The van der Waals surface area contributed by atoms with Crippen molar-refractivity contribution < 1.29 is 14.4 Å². The van der Waals surface area contributed by atoms with E-state index in [1.54, 1.807) is 53.7 Å². The normalized spacial score (nSPS) is 27.3. The third kappa shape index (κ3) is 2.56. The number of rotatable bonds is 3. The van der Waals surface area contributed by atoms with Crippen LogP contribution in [0.3, 0.4) is 0 Å². The standard InChI is InChI=1S/C23H19N3O3/c1-14-9-11-16(12-10-14)25-22(28)18-17-8-5-13-24-26(17)20(19(18)23(25)29)21(27)15-6-3-2-4-7-15/h2-13,17-20H,1H3/t17-,18+,19+,20-/m0/s1. The maximum atomic E-state index is 13.4. The van der Waals surface area contributed by atoms with Gasteiger partial charge in [0.1, 0.15) is 6.04 Å². The summed E-state index contributed by atoms with van der Waals surface area (Å²) in [5, 5.41) is 5.99. The first kappa shape index (κ1) is 17.6. The quantitative estimate of drug-likeness (QED) is 0.602. The van der Waals surface area contributed by atoms with Gasteiger partial charge in [-0.2, -0.15) is 5.10 Å². The topological polar surface area (TPSA) is 70.1 Å². The minimum Gasteiger partial charge on any atom is -0.292 e. The second-order valence-electron chi connectivity index (χ2n) is 7.59. The van der Waals surface area contributed by atoms with Crippen LogP contribution in [0, 0.1) is 18.8 Å². The Morgan fingerprint density at radius 2 is 1.62 bits per heavy atom. The van der Waals surface area contributed by atoms with Crippen molar-refractivity contribution in [3.8, 4) is 0 Å². The van der Waals surface area contributed by atoms with Crippen LogP contribution in [-0.4, -0.2) is 40.9 Å². The van der Waals surface area contributed by atoms with E-state index in [-0.39, 0.29) is 17.6 Å². The molecule has 29 heavy (non-hydrogen) atoms. The van der Waals surface area contributed by atoms with Crippen molar-refractivity contribution in [2.24, 2.45) is 16.9 Å². The molecule has 4 atom stereocenters. The smallest absolute Gasteiger partial charge is 0.240 e. The van der Waals surface area contributed by atoms with E-state index in [0.29, 0.717) is 11.3 Å². The van der Waals surface area contributed by atoms with E-state index < -0.39 is 23.9 Å². The van der Waals surface area contributed by atoms with Crippen LogP contribution in [0.5, 0.6) is 0 Å². The third-order valence-corrected chi connectivity index (χ3v) is 5.91. The fourth-order valence-corrected chi connectivity index (χ4v) is 4.56. The lowest BCUT2D eigenvalue weighted by molar-refractivity contribution is -0.123. The molecule has 3 aliphatic heterocycles. The largest absolute Gasteiger partial charge is 0.292 e. The van der Waals surface area contributed by atoms with Crippen LogP contribution in [0.2, 0.25) is 0 Å². The minimum atomic E-state index is -0.805. The highest BCUT2D eigenvalue weighted by atomic mass is 16.2. The molecule has 6 heteroatoms. The molecule has 0 radical (unpaired) electrons. The van der Waals surface area contributed by atoms with E-state index in [1.807, 2.05) is 31.2 Å². The molecule has 6 nitrogen and oxygen atoms in total. The molecule has 0 aliphatic carbocycles. The van der Waals surface area contributed by atoms with Gasteiger partial charge in [0.15, 0.2) is 5.78 Å². The SMILES string of the molecule is Cc1ccc(N2C(=O)[C@@H]3[C@H](C2=O)[C@@H]2C=CC=NN2[C@@H]3C(=O)c2ccccc2)cc1. The number of hydrogen-bond donors (Lipinski definition) is 0. The summed E-state index contributed by atoms with van der Waals surface area (Å²) in [5.41, 5.74) is 2.09. The molecule has 2 fully saturated rings. The van der Waals surface area contributed by atoms with Gasteiger partial charge >= 0.3 is 0 Å². The van der Waals surface area contributed by atoms with E-state index in [4.69, 9.17) is 0 Å². The molecular weight excluding hydrogens is 366 g/mol. The number of ketones is 1. The van der Waals surface area contributed by atoms with Crippen LogP contribution in [0.15, 0.2) is 71.9 Å². The van der Waals surface area contributed by atoms with E-state index in [0.717, 1.165) is 5.56 Å². The summed E-state index contributed by atoms with van der Waals surface area (Å²) in [5.74, 6) is -2.20. The number of fused-ring (bicyclic) bond motifs is 3. The Morgan fingerprint density at radius 3 is 2.34 bits per heavy atom. The molecule has 0 N–H and O–H groups in total. The Balaban J connectivity index is 1.58. The summed E-state index contributed by atoms with van der Waals surface area (Å²) in [6.07, 6.45) is 5.21. The number of carbonyl (C=O) groups excluding carboxylic acids is 3. The summed E-state index contributed by atoms with van der Waals surface area (Å²) in [4.78, 5) is 41.3. The first-order valence-electron chi connectivity index (χ1n) is 9.61. The molecule has 0 bridgehead atoms. The minimum absolute atomic E-state index is 0.192. The molecule has 0 spiro atoms. The number of hydrogen-bond acceptors (Lipinski definition) is 5. The number of aryl methyl sites for hydroxylation is 1. The van der Waals surface area contributed by atoms with Gasteiger partial charge in [0, 0.05) is 11.8 Å². The summed E-state index contributed by atoms with van der Waals surface area (Å²) >= 11 is 0. The predicted molar refractivity (Wildman–Crippen MR) is 108 cm³/mol. The Morgan fingerprint density at radius 1 is 0.931 bits per heavy atom. The molecule has 2 amide bonds. The monoisotopic (exact) mass is 385 g/mol. The zero-order valence-corrected chi connectivity index (χ0v) is 15.8. The first-order chi connectivity index (χ1) is 14.1. The Hall–Kier alpha value is -3.54. The number of anilines is 1. The highest BCUT2D eigenvalue weighted by Gasteiger charge is 2.64. The summed E-state index contributed by atoms with van der Waals surface area (Å²) in [6, 6.07) is 14.9. The summed E-state index contributed by atoms with van der Waals surface area (Å²) in [6.45, 7) is 1.95. The number of amides is 2. The van der Waals surface area contributed by atoms with E-state index in [9.17, 15) is 14.4 Å². The Bertz CT molecular complexity index is 1060. The van der Waals surface area contributed by atoms with Crippen molar-refractivity contribution in [1.82, 2.24) is 5.01 Å². The number of nitrogens with zero attached hydrogens (tertiary/aromatic N) is 3. The maximum absolute atomic E-state index is 13.4. The number of Topliss-reactive ketones (excluding diaryl/α,β-unsaturated/α-hetero) is 1. The molecule has 2 aromatic carbocycles. The molecule has 144 valence electrons. The van der Waals surface area contributed by atoms with Crippen LogP contribution in [0.1, 0.15) is 15.9 Å². The third-order valence-electron chi connectivity index (χ3n) is 5.91. The average molecular weight is 385 g/mol. The molecule has 0 aromatic heterocycles. The number of allylic oxidation sites excluding steroid dienone is 1. The highest BCUT2D eigenvalue weighted by Crippen LogP contribution is 2.46. The van der Waals surface area contributed by atoms with Gasteiger partial charge < -0.3 is 0 Å². The summed E-state index contributed by atoms with van der Waals surface area (Å²) in [7, 11) is 0. The van der Waals surface area contributed by atoms with Gasteiger partial charge in [-0.3, -0.25) is 19.4 Å². The fraction of sp³-hybridized carbons (Fsp3) is 0.217. The Kier molecular flexibility index (Phi) is 3.94. The zero-order valence-electron chi connectivity index (χ0n) is 15.8. The number of carbonyl (C=O) groups is 3. The highest BCUT2D eigenvalue weighted by molar-refractivity contribution is 6.24. The summed E-state index contributed by atoms with van der Waals surface area (Å²) < 4.78 is 0.